The number of aliphatic hydroxyl groups is 1. The van der Waals surface area contributed by atoms with E-state index in [1.807, 2.05) is 13.8 Å². The number of hydrogen-bond donors (Lipinski definition) is 2. The van der Waals surface area contributed by atoms with Crippen LogP contribution in [0.25, 0.3) is 0 Å². The molecule has 14 heavy (non-hydrogen) atoms. The van der Waals surface area contributed by atoms with Gasteiger partial charge in [0.25, 0.3) is 0 Å². The predicted molar refractivity (Wildman–Crippen MR) is 58.0 cm³/mol. The van der Waals surface area contributed by atoms with Gasteiger partial charge < -0.3 is 10.4 Å². The molecule has 0 radical (unpaired) electrons. The van der Waals surface area contributed by atoms with Crippen LogP contribution in [0.1, 0.15) is 47.0 Å². The molecular weight excluding hydrogens is 178 g/mol. The van der Waals surface area contributed by atoms with Gasteiger partial charge in [-0.1, -0.05) is 20.3 Å². The van der Waals surface area contributed by atoms with Crippen molar-refractivity contribution in [2.24, 2.45) is 5.92 Å². The van der Waals surface area contributed by atoms with E-state index in [1.54, 1.807) is 0 Å². The first-order valence-electron chi connectivity index (χ1n) is 5.33. The average Bonchev–Trinajstić information content (AvgIpc) is 2.02. The van der Waals surface area contributed by atoms with Crippen LogP contribution in [0.2, 0.25) is 0 Å². The molecule has 0 aliphatic carbocycles. The van der Waals surface area contributed by atoms with Gasteiger partial charge in [-0.15, -0.1) is 0 Å². The van der Waals surface area contributed by atoms with Crippen LogP contribution in [-0.2, 0) is 4.79 Å². The Morgan fingerprint density at radius 3 is 2.50 bits per heavy atom. The van der Waals surface area contributed by atoms with Crippen LogP contribution in [0, 0.1) is 5.92 Å². The van der Waals surface area contributed by atoms with Crippen molar-refractivity contribution < 1.29 is 9.90 Å². The Hall–Kier alpha value is -0.570. The smallest absolute Gasteiger partial charge is 0.220 e. The molecule has 0 bridgehead atoms. The standard InChI is InChI=1S/C11H23NO2/c1-5-9(2)8-10(14)12-11(3,4)6-7-13/h9,13H,5-8H2,1-4H3,(H,12,14). The summed E-state index contributed by atoms with van der Waals surface area (Å²) < 4.78 is 0. The van der Waals surface area contributed by atoms with Gasteiger partial charge in [0.15, 0.2) is 0 Å². The maximum absolute atomic E-state index is 11.5. The molecule has 0 aromatic heterocycles. The first-order chi connectivity index (χ1) is 6.41. The molecule has 0 aliphatic heterocycles. The largest absolute Gasteiger partial charge is 0.396 e. The van der Waals surface area contributed by atoms with Gasteiger partial charge in [-0.2, -0.15) is 0 Å². The molecule has 0 saturated heterocycles. The van der Waals surface area contributed by atoms with Gasteiger partial charge in [-0.3, -0.25) is 4.79 Å². The maximum atomic E-state index is 11.5. The minimum atomic E-state index is -0.292. The van der Waals surface area contributed by atoms with Crippen LogP contribution < -0.4 is 5.32 Å². The van der Waals surface area contributed by atoms with E-state index in [-0.39, 0.29) is 18.1 Å². The van der Waals surface area contributed by atoms with Gasteiger partial charge >= 0.3 is 0 Å². The summed E-state index contributed by atoms with van der Waals surface area (Å²) in [6, 6.07) is 0. The van der Waals surface area contributed by atoms with Gasteiger partial charge in [0.1, 0.15) is 0 Å². The van der Waals surface area contributed by atoms with E-state index in [9.17, 15) is 4.79 Å². The summed E-state index contributed by atoms with van der Waals surface area (Å²) >= 11 is 0. The third-order valence-electron chi connectivity index (χ3n) is 2.45. The second-order valence-electron chi connectivity index (χ2n) is 4.62. The maximum Gasteiger partial charge on any atom is 0.220 e. The minimum Gasteiger partial charge on any atom is -0.396 e. The van der Waals surface area contributed by atoms with Gasteiger partial charge in [-0.05, 0) is 26.2 Å². The molecule has 0 fully saturated rings. The quantitative estimate of drug-likeness (QED) is 0.687. The molecule has 0 spiro atoms. The number of hydrogen-bond acceptors (Lipinski definition) is 2. The lowest BCUT2D eigenvalue weighted by molar-refractivity contribution is -0.123. The van der Waals surface area contributed by atoms with Crippen LogP contribution in [-0.4, -0.2) is 23.2 Å². The molecule has 1 unspecified atom stereocenters. The summed E-state index contributed by atoms with van der Waals surface area (Å²) in [4.78, 5) is 11.5. The second kappa shape index (κ2) is 6.02. The summed E-state index contributed by atoms with van der Waals surface area (Å²) in [6.45, 7) is 8.11. The highest BCUT2D eigenvalue weighted by Crippen LogP contribution is 2.10. The number of carbonyl (C=O) groups is 1. The van der Waals surface area contributed by atoms with E-state index in [4.69, 9.17) is 5.11 Å². The van der Waals surface area contributed by atoms with E-state index in [1.165, 1.54) is 0 Å². The third kappa shape index (κ3) is 5.97. The molecule has 0 aliphatic rings. The Bertz CT molecular complexity index is 178. The van der Waals surface area contributed by atoms with Crippen molar-refractivity contribution in [3.8, 4) is 0 Å². The van der Waals surface area contributed by atoms with Crippen molar-refractivity contribution in [1.82, 2.24) is 5.32 Å². The SMILES string of the molecule is CCC(C)CC(=O)NC(C)(C)CCO. The molecule has 0 saturated carbocycles. The second-order valence-corrected chi connectivity index (χ2v) is 4.62. The Morgan fingerprint density at radius 2 is 2.07 bits per heavy atom. The van der Waals surface area contributed by atoms with E-state index < -0.39 is 0 Å². The highest BCUT2D eigenvalue weighted by atomic mass is 16.3. The number of amides is 1. The highest BCUT2D eigenvalue weighted by molar-refractivity contribution is 5.76. The summed E-state index contributed by atoms with van der Waals surface area (Å²) in [5.41, 5.74) is -0.292. The zero-order chi connectivity index (χ0) is 11.2. The summed E-state index contributed by atoms with van der Waals surface area (Å²) in [6.07, 6.45) is 2.19. The summed E-state index contributed by atoms with van der Waals surface area (Å²) in [7, 11) is 0. The Morgan fingerprint density at radius 1 is 1.50 bits per heavy atom. The van der Waals surface area contributed by atoms with Crippen LogP contribution in [0.15, 0.2) is 0 Å². The van der Waals surface area contributed by atoms with Crippen molar-refractivity contribution in [2.75, 3.05) is 6.61 Å². The van der Waals surface area contributed by atoms with E-state index >= 15 is 0 Å². The van der Waals surface area contributed by atoms with Gasteiger partial charge in [0.05, 0.1) is 0 Å². The van der Waals surface area contributed by atoms with E-state index in [0.717, 1.165) is 6.42 Å². The molecule has 0 rings (SSSR count). The minimum absolute atomic E-state index is 0.0813. The molecule has 1 atom stereocenters. The Balaban J connectivity index is 3.92. The number of carbonyl (C=O) groups excluding carboxylic acids is 1. The first-order valence-corrected chi connectivity index (χ1v) is 5.33. The predicted octanol–water partition coefficient (Wildman–Crippen LogP) is 1.70. The van der Waals surface area contributed by atoms with E-state index in [2.05, 4.69) is 19.2 Å². The zero-order valence-corrected chi connectivity index (χ0v) is 9.76. The van der Waals surface area contributed by atoms with Gasteiger partial charge in [0.2, 0.25) is 5.91 Å². The molecule has 2 N–H and O–H groups in total. The van der Waals surface area contributed by atoms with Crippen molar-refractivity contribution >= 4 is 5.91 Å². The fourth-order valence-electron chi connectivity index (χ4n) is 1.23. The fourth-order valence-corrected chi connectivity index (χ4v) is 1.23. The third-order valence-corrected chi connectivity index (χ3v) is 2.45. The lowest BCUT2D eigenvalue weighted by Crippen LogP contribution is -2.44. The molecular formula is C11H23NO2. The first kappa shape index (κ1) is 13.4. The molecule has 3 heteroatoms. The average molecular weight is 201 g/mol. The normalized spacial score (nSPS) is 13.8. The Labute approximate surface area is 86.9 Å². The Kier molecular flexibility index (Phi) is 5.77. The lowest BCUT2D eigenvalue weighted by atomic mass is 9.99. The van der Waals surface area contributed by atoms with Crippen molar-refractivity contribution in [3.63, 3.8) is 0 Å². The van der Waals surface area contributed by atoms with E-state index in [0.29, 0.717) is 18.8 Å². The molecule has 0 heterocycles. The highest BCUT2D eigenvalue weighted by Gasteiger charge is 2.20. The molecule has 84 valence electrons. The monoisotopic (exact) mass is 201 g/mol. The number of nitrogens with one attached hydrogen (secondary N) is 1. The van der Waals surface area contributed by atoms with Crippen LogP contribution in [0.4, 0.5) is 0 Å². The summed E-state index contributed by atoms with van der Waals surface area (Å²) in [5.74, 6) is 0.512. The topological polar surface area (TPSA) is 49.3 Å². The van der Waals surface area contributed by atoms with Crippen LogP contribution in [0.3, 0.4) is 0 Å². The molecule has 0 aromatic carbocycles. The van der Waals surface area contributed by atoms with Crippen LogP contribution in [0.5, 0.6) is 0 Å². The number of rotatable bonds is 6. The van der Waals surface area contributed by atoms with Crippen LogP contribution >= 0.6 is 0 Å². The lowest BCUT2D eigenvalue weighted by Gasteiger charge is -2.26. The molecule has 0 aromatic rings. The molecule has 1 amide bonds. The molecule has 3 nitrogen and oxygen atoms in total. The zero-order valence-electron chi connectivity index (χ0n) is 9.76. The number of aliphatic hydroxyl groups excluding tert-OH is 1. The van der Waals surface area contributed by atoms with Crippen molar-refractivity contribution in [2.45, 2.75) is 52.5 Å². The van der Waals surface area contributed by atoms with Gasteiger partial charge in [-0.25, -0.2) is 0 Å². The summed E-state index contributed by atoms with van der Waals surface area (Å²) in [5, 5.41) is 11.7. The van der Waals surface area contributed by atoms with Gasteiger partial charge in [0, 0.05) is 18.6 Å². The van der Waals surface area contributed by atoms with Crippen molar-refractivity contribution in [3.05, 3.63) is 0 Å². The fraction of sp³-hybridized carbons (Fsp3) is 0.909. The van der Waals surface area contributed by atoms with Crippen molar-refractivity contribution in [1.29, 1.82) is 0 Å².